The maximum Gasteiger partial charge on any atom is 0.414 e. The van der Waals surface area contributed by atoms with Crippen LogP contribution in [-0.2, 0) is 4.74 Å². The molecule has 0 radical (unpaired) electrons. The number of nitrogens with one attached hydrogen (secondary N) is 1. The highest BCUT2D eigenvalue weighted by atomic mass is 19.2. The van der Waals surface area contributed by atoms with Crippen molar-refractivity contribution in [2.24, 2.45) is 0 Å². The maximum absolute atomic E-state index is 13.2. The van der Waals surface area contributed by atoms with Gasteiger partial charge < -0.3 is 19.4 Å². The molecule has 8 heteroatoms. The molecule has 0 aliphatic carbocycles. The first kappa shape index (κ1) is 14.6. The normalized spacial score (nSPS) is 10.4. The molecule has 0 spiro atoms. The molecule has 1 aromatic heterocycles. The Morgan fingerprint density at radius 1 is 1.29 bits per heavy atom. The average molecular weight is 299 g/mol. The number of halogens is 2. The van der Waals surface area contributed by atoms with E-state index in [0.29, 0.717) is 0 Å². The molecule has 0 bridgehead atoms. The summed E-state index contributed by atoms with van der Waals surface area (Å²) in [6.07, 6.45) is -0.904. The minimum atomic E-state index is -1.15. The van der Waals surface area contributed by atoms with Crippen LogP contribution in [0.25, 0.3) is 11.3 Å². The summed E-state index contributed by atoms with van der Waals surface area (Å²) in [7, 11) is 0. The van der Waals surface area contributed by atoms with Crippen LogP contribution in [0.15, 0.2) is 22.6 Å². The minimum Gasteiger partial charge on any atom is -0.502 e. The first-order chi connectivity index (χ1) is 9.93. The van der Waals surface area contributed by atoms with Gasteiger partial charge in [0, 0.05) is 5.56 Å². The smallest absolute Gasteiger partial charge is 0.414 e. The van der Waals surface area contributed by atoms with Crippen LogP contribution in [0.4, 0.5) is 19.5 Å². The van der Waals surface area contributed by atoms with Gasteiger partial charge >= 0.3 is 6.09 Å². The first-order valence-electron chi connectivity index (χ1n) is 5.88. The Morgan fingerprint density at radius 2 is 2.00 bits per heavy atom. The lowest BCUT2D eigenvalue weighted by Crippen LogP contribution is -2.12. The van der Waals surface area contributed by atoms with E-state index in [0.717, 1.165) is 18.2 Å². The molecule has 0 aliphatic heterocycles. The highest BCUT2D eigenvalue weighted by Crippen LogP contribution is 2.45. The van der Waals surface area contributed by atoms with Gasteiger partial charge in [0.25, 0.3) is 0 Å². The van der Waals surface area contributed by atoms with E-state index >= 15 is 0 Å². The van der Waals surface area contributed by atoms with Crippen LogP contribution >= 0.6 is 0 Å². The largest absolute Gasteiger partial charge is 0.502 e. The molecule has 0 fully saturated rings. The summed E-state index contributed by atoms with van der Waals surface area (Å²) in [6.45, 7) is 1.67. The average Bonchev–Trinajstić information content (AvgIpc) is 2.71. The van der Waals surface area contributed by atoms with Crippen molar-refractivity contribution in [3.8, 4) is 22.8 Å². The Labute approximate surface area is 117 Å². The number of carbonyl (C=O) groups excluding carboxylic acids is 1. The molecular weight excluding hydrogens is 288 g/mol. The lowest BCUT2D eigenvalue weighted by molar-refractivity contribution is 0.167. The molecule has 0 aliphatic rings. The summed E-state index contributed by atoms with van der Waals surface area (Å²) >= 11 is 0. The van der Waals surface area contributed by atoms with E-state index < -0.39 is 35.1 Å². The second-order valence-corrected chi connectivity index (χ2v) is 3.93. The van der Waals surface area contributed by atoms with Crippen LogP contribution in [0.5, 0.6) is 11.5 Å². The SMILES string of the molecule is CCOC(=O)Nc1oc(-c2ccc(F)c(F)c2)c(O)c1O. The number of amides is 1. The molecule has 1 aromatic carbocycles. The van der Waals surface area contributed by atoms with Crippen molar-refractivity contribution in [1.29, 1.82) is 0 Å². The molecule has 3 N–H and O–H groups in total. The topological polar surface area (TPSA) is 91.9 Å². The zero-order valence-electron chi connectivity index (χ0n) is 10.8. The molecule has 2 aromatic rings. The van der Waals surface area contributed by atoms with Crippen molar-refractivity contribution >= 4 is 12.0 Å². The Bertz CT molecular complexity index is 683. The first-order valence-corrected chi connectivity index (χ1v) is 5.88. The van der Waals surface area contributed by atoms with Crippen molar-refractivity contribution in [3.63, 3.8) is 0 Å². The van der Waals surface area contributed by atoms with Gasteiger partial charge in [0.1, 0.15) is 0 Å². The van der Waals surface area contributed by atoms with Crippen molar-refractivity contribution in [2.75, 3.05) is 11.9 Å². The lowest BCUT2D eigenvalue weighted by Gasteiger charge is -2.01. The van der Waals surface area contributed by atoms with E-state index in [1.807, 2.05) is 0 Å². The van der Waals surface area contributed by atoms with Gasteiger partial charge in [-0.25, -0.2) is 13.6 Å². The van der Waals surface area contributed by atoms with Crippen molar-refractivity contribution in [2.45, 2.75) is 6.92 Å². The standard InChI is InChI=1S/C13H11F2NO5/c1-2-20-13(19)16-12-10(18)9(17)11(21-12)6-3-4-7(14)8(15)5-6/h3-5,17-18H,2H2,1H3,(H,16,19). The monoisotopic (exact) mass is 299 g/mol. The van der Waals surface area contributed by atoms with Gasteiger partial charge in [0.15, 0.2) is 17.4 Å². The van der Waals surface area contributed by atoms with Crippen molar-refractivity contribution < 1.29 is 32.9 Å². The van der Waals surface area contributed by atoms with Crippen LogP contribution in [0.3, 0.4) is 0 Å². The third-order valence-electron chi connectivity index (χ3n) is 2.53. The number of hydrogen-bond donors (Lipinski definition) is 3. The predicted octanol–water partition coefficient (Wildman–Crippen LogP) is 3.20. The van der Waals surface area contributed by atoms with E-state index in [2.05, 4.69) is 10.1 Å². The van der Waals surface area contributed by atoms with Gasteiger partial charge in [0.05, 0.1) is 6.61 Å². The van der Waals surface area contributed by atoms with Crippen molar-refractivity contribution in [1.82, 2.24) is 0 Å². The molecule has 2 rings (SSSR count). The number of aromatic hydroxyl groups is 2. The second-order valence-electron chi connectivity index (χ2n) is 3.93. The second kappa shape index (κ2) is 5.70. The van der Waals surface area contributed by atoms with E-state index in [1.54, 1.807) is 6.92 Å². The summed E-state index contributed by atoms with van der Waals surface area (Å²) in [5.74, 6) is -4.47. The summed E-state index contributed by atoms with van der Waals surface area (Å²) < 4.78 is 35.6. The molecule has 6 nitrogen and oxygen atoms in total. The number of ether oxygens (including phenoxy) is 1. The number of carbonyl (C=O) groups is 1. The van der Waals surface area contributed by atoms with Crippen LogP contribution in [0.1, 0.15) is 6.92 Å². The minimum absolute atomic E-state index is 0.0152. The molecule has 1 amide bonds. The van der Waals surface area contributed by atoms with Gasteiger partial charge in [-0.1, -0.05) is 0 Å². The Kier molecular flexibility index (Phi) is 3.97. The summed E-state index contributed by atoms with van der Waals surface area (Å²) in [6, 6.07) is 2.76. The van der Waals surface area contributed by atoms with E-state index in [4.69, 9.17) is 4.42 Å². The molecule has 0 saturated heterocycles. The zero-order chi connectivity index (χ0) is 15.6. The summed E-state index contributed by atoms with van der Waals surface area (Å²) in [5, 5.41) is 21.4. The van der Waals surface area contributed by atoms with Crippen LogP contribution < -0.4 is 5.32 Å². The molecule has 0 unspecified atom stereocenters. The Hall–Kier alpha value is -2.77. The number of anilines is 1. The third-order valence-corrected chi connectivity index (χ3v) is 2.53. The fourth-order valence-electron chi connectivity index (χ4n) is 1.59. The molecular formula is C13H11F2NO5. The molecule has 21 heavy (non-hydrogen) atoms. The van der Waals surface area contributed by atoms with Gasteiger partial charge in [-0.3, -0.25) is 5.32 Å². The Balaban J connectivity index is 2.37. The third kappa shape index (κ3) is 2.88. The lowest BCUT2D eigenvalue weighted by atomic mass is 10.1. The van der Waals surface area contributed by atoms with Crippen molar-refractivity contribution in [3.05, 3.63) is 29.8 Å². The number of hydrogen-bond acceptors (Lipinski definition) is 5. The fourth-order valence-corrected chi connectivity index (χ4v) is 1.59. The molecule has 0 atom stereocenters. The van der Waals surface area contributed by atoms with Gasteiger partial charge in [-0.2, -0.15) is 0 Å². The van der Waals surface area contributed by atoms with E-state index in [1.165, 1.54) is 0 Å². The predicted molar refractivity (Wildman–Crippen MR) is 68.0 cm³/mol. The van der Waals surface area contributed by atoms with Crippen LogP contribution in [0.2, 0.25) is 0 Å². The highest BCUT2D eigenvalue weighted by molar-refractivity contribution is 5.87. The number of rotatable bonds is 3. The number of benzene rings is 1. The van der Waals surface area contributed by atoms with Crippen LogP contribution in [-0.4, -0.2) is 22.9 Å². The van der Waals surface area contributed by atoms with E-state index in [-0.39, 0.29) is 17.9 Å². The maximum atomic E-state index is 13.2. The number of furan rings is 1. The summed E-state index contributed by atoms with van der Waals surface area (Å²) in [5.41, 5.74) is -0.0152. The van der Waals surface area contributed by atoms with Gasteiger partial charge in [-0.15, -0.1) is 0 Å². The molecule has 1 heterocycles. The summed E-state index contributed by atoms with van der Waals surface area (Å²) in [4.78, 5) is 11.2. The van der Waals surface area contributed by atoms with E-state index in [9.17, 15) is 23.8 Å². The Morgan fingerprint density at radius 3 is 2.62 bits per heavy atom. The molecule has 0 saturated carbocycles. The zero-order valence-corrected chi connectivity index (χ0v) is 10.8. The highest BCUT2D eigenvalue weighted by Gasteiger charge is 2.23. The van der Waals surface area contributed by atoms with Gasteiger partial charge in [0.2, 0.25) is 17.4 Å². The molecule has 112 valence electrons. The fraction of sp³-hybridized carbons (Fsp3) is 0.154. The van der Waals surface area contributed by atoms with Gasteiger partial charge in [-0.05, 0) is 25.1 Å². The van der Waals surface area contributed by atoms with Crippen LogP contribution in [0, 0.1) is 11.6 Å². The quantitative estimate of drug-likeness (QED) is 0.809.